The Bertz CT molecular complexity index is 837. The fourth-order valence-electron chi connectivity index (χ4n) is 2.48. The van der Waals surface area contributed by atoms with Gasteiger partial charge in [-0.05, 0) is 23.8 Å². The Balaban J connectivity index is 2.10. The van der Waals surface area contributed by atoms with Crippen molar-refractivity contribution >= 4 is 11.8 Å². The molecule has 112 valence electrons. The first-order valence-corrected chi connectivity index (χ1v) is 6.56. The van der Waals surface area contributed by atoms with E-state index >= 15 is 0 Å². The number of imidazole rings is 1. The molecule has 0 amide bonds. The molecule has 3 aromatic rings. The van der Waals surface area contributed by atoms with E-state index in [9.17, 15) is 18.0 Å². The molecule has 0 saturated carbocycles. The van der Waals surface area contributed by atoms with Gasteiger partial charge in [0.2, 0.25) is 0 Å². The number of fused-ring (bicyclic) bond motifs is 1. The van der Waals surface area contributed by atoms with Gasteiger partial charge in [-0.2, -0.15) is 13.2 Å². The highest BCUT2D eigenvalue weighted by Crippen LogP contribution is 2.32. The minimum absolute atomic E-state index is 0.00525. The summed E-state index contributed by atoms with van der Waals surface area (Å²) in [7, 11) is 0. The quantitative estimate of drug-likeness (QED) is 0.691. The number of carbonyl (C=O) groups excluding carboxylic acids is 1. The maximum atomic E-state index is 13.1. The van der Waals surface area contributed by atoms with Gasteiger partial charge in [-0.15, -0.1) is 0 Å². The molecular formula is C16H11F3N2O. The molecule has 1 aromatic carbocycles. The summed E-state index contributed by atoms with van der Waals surface area (Å²) in [5.41, 5.74) is 0.470. The molecule has 0 aliphatic rings. The van der Waals surface area contributed by atoms with Gasteiger partial charge >= 0.3 is 6.18 Å². The van der Waals surface area contributed by atoms with Gasteiger partial charge in [0.25, 0.3) is 0 Å². The standard InChI is InChI=1S/C16H11F3N2O/c17-16(18,19)14-7-2-1-4-11(14)8-15-20-9-12-5-3-6-13(10-22)21(12)15/h1-7,9-10H,8H2. The van der Waals surface area contributed by atoms with Gasteiger partial charge in [-0.3, -0.25) is 9.20 Å². The van der Waals surface area contributed by atoms with Crippen LogP contribution in [0.5, 0.6) is 0 Å². The summed E-state index contributed by atoms with van der Waals surface area (Å²) in [6, 6.07) is 10.4. The minimum Gasteiger partial charge on any atom is -0.296 e. The number of aldehydes is 1. The van der Waals surface area contributed by atoms with Crippen LogP contribution >= 0.6 is 0 Å². The second-order valence-electron chi connectivity index (χ2n) is 4.83. The van der Waals surface area contributed by atoms with Crippen LogP contribution in [0.4, 0.5) is 13.2 Å². The first kappa shape index (κ1) is 14.3. The van der Waals surface area contributed by atoms with Crippen molar-refractivity contribution in [2.24, 2.45) is 0 Å². The molecule has 0 atom stereocenters. The first-order chi connectivity index (χ1) is 10.5. The monoisotopic (exact) mass is 304 g/mol. The Morgan fingerprint density at radius 1 is 1.09 bits per heavy atom. The Kier molecular flexibility index (Phi) is 3.44. The lowest BCUT2D eigenvalue weighted by Crippen LogP contribution is -2.10. The van der Waals surface area contributed by atoms with Crippen molar-refractivity contribution < 1.29 is 18.0 Å². The number of aromatic nitrogens is 2. The van der Waals surface area contributed by atoms with Crippen molar-refractivity contribution in [2.45, 2.75) is 12.6 Å². The molecule has 0 fully saturated rings. The predicted molar refractivity (Wildman–Crippen MR) is 74.8 cm³/mol. The summed E-state index contributed by atoms with van der Waals surface area (Å²) < 4.78 is 40.7. The number of nitrogens with zero attached hydrogens (tertiary/aromatic N) is 2. The number of pyridine rings is 1. The number of alkyl halides is 3. The van der Waals surface area contributed by atoms with E-state index in [0.29, 0.717) is 23.3 Å². The molecule has 0 N–H and O–H groups in total. The van der Waals surface area contributed by atoms with Crippen LogP contribution in [-0.4, -0.2) is 15.7 Å². The average Bonchev–Trinajstić information content (AvgIpc) is 2.90. The van der Waals surface area contributed by atoms with Gasteiger partial charge in [0.1, 0.15) is 5.82 Å². The summed E-state index contributed by atoms with van der Waals surface area (Å²) >= 11 is 0. The van der Waals surface area contributed by atoms with Crippen LogP contribution in [0.15, 0.2) is 48.7 Å². The second kappa shape index (κ2) is 5.29. The summed E-state index contributed by atoms with van der Waals surface area (Å²) in [5, 5.41) is 0. The zero-order valence-corrected chi connectivity index (χ0v) is 11.3. The number of benzene rings is 1. The van der Waals surface area contributed by atoms with Crippen LogP contribution in [0.3, 0.4) is 0 Å². The van der Waals surface area contributed by atoms with E-state index < -0.39 is 11.7 Å². The topological polar surface area (TPSA) is 34.4 Å². The van der Waals surface area contributed by atoms with E-state index in [2.05, 4.69) is 4.98 Å². The largest absolute Gasteiger partial charge is 0.416 e. The zero-order valence-electron chi connectivity index (χ0n) is 11.3. The summed E-state index contributed by atoms with van der Waals surface area (Å²) in [4.78, 5) is 15.3. The van der Waals surface area contributed by atoms with Crippen LogP contribution in [-0.2, 0) is 12.6 Å². The third kappa shape index (κ3) is 2.47. The molecule has 0 saturated heterocycles. The van der Waals surface area contributed by atoms with Gasteiger partial charge in [-0.25, -0.2) is 4.98 Å². The molecule has 0 aliphatic carbocycles. The smallest absolute Gasteiger partial charge is 0.296 e. The van der Waals surface area contributed by atoms with Crippen LogP contribution in [0, 0.1) is 0 Å². The lowest BCUT2D eigenvalue weighted by Gasteiger charge is -2.12. The SMILES string of the molecule is O=Cc1cccc2cnc(Cc3ccccc3C(F)(F)F)n12. The lowest BCUT2D eigenvalue weighted by atomic mass is 10.0. The van der Waals surface area contributed by atoms with E-state index in [1.165, 1.54) is 12.1 Å². The fourth-order valence-corrected chi connectivity index (χ4v) is 2.48. The van der Waals surface area contributed by atoms with Gasteiger partial charge in [0, 0.05) is 6.42 Å². The number of hydrogen-bond acceptors (Lipinski definition) is 2. The molecule has 6 heteroatoms. The normalized spacial score (nSPS) is 11.8. The van der Waals surface area contributed by atoms with Gasteiger partial charge < -0.3 is 0 Å². The molecule has 0 bridgehead atoms. The Labute approximate surface area is 124 Å². The van der Waals surface area contributed by atoms with Crippen LogP contribution < -0.4 is 0 Å². The third-order valence-corrected chi connectivity index (χ3v) is 3.45. The first-order valence-electron chi connectivity index (χ1n) is 6.56. The van der Waals surface area contributed by atoms with Gasteiger partial charge in [-0.1, -0.05) is 24.3 Å². The van der Waals surface area contributed by atoms with Crippen molar-refractivity contribution in [1.82, 2.24) is 9.38 Å². The van der Waals surface area contributed by atoms with E-state index in [-0.39, 0.29) is 12.0 Å². The van der Waals surface area contributed by atoms with Crippen LogP contribution in [0.25, 0.3) is 5.52 Å². The van der Waals surface area contributed by atoms with E-state index in [1.807, 2.05) is 0 Å². The second-order valence-corrected chi connectivity index (χ2v) is 4.83. The maximum Gasteiger partial charge on any atom is 0.416 e. The van der Waals surface area contributed by atoms with Gasteiger partial charge in [0.05, 0.1) is 23.0 Å². The third-order valence-electron chi connectivity index (χ3n) is 3.45. The van der Waals surface area contributed by atoms with Crippen molar-refractivity contribution in [1.29, 1.82) is 0 Å². The highest BCUT2D eigenvalue weighted by molar-refractivity contribution is 5.74. The Hall–Kier alpha value is -2.63. The van der Waals surface area contributed by atoms with Crippen molar-refractivity contribution in [3.63, 3.8) is 0 Å². The highest BCUT2D eigenvalue weighted by Gasteiger charge is 2.33. The fraction of sp³-hybridized carbons (Fsp3) is 0.125. The summed E-state index contributed by atoms with van der Waals surface area (Å²) in [6.45, 7) is 0. The molecular weight excluding hydrogens is 293 g/mol. The molecule has 3 rings (SSSR count). The molecule has 22 heavy (non-hydrogen) atoms. The Morgan fingerprint density at radius 3 is 2.59 bits per heavy atom. The summed E-state index contributed by atoms with van der Waals surface area (Å²) in [5.74, 6) is 0.398. The molecule has 0 radical (unpaired) electrons. The molecule has 3 nitrogen and oxygen atoms in total. The van der Waals surface area contributed by atoms with E-state index in [4.69, 9.17) is 0 Å². The molecule has 0 aliphatic heterocycles. The number of halogens is 3. The number of rotatable bonds is 3. The van der Waals surface area contributed by atoms with E-state index in [0.717, 1.165) is 6.07 Å². The number of carbonyl (C=O) groups is 1. The van der Waals surface area contributed by atoms with Gasteiger partial charge in [0.15, 0.2) is 6.29 Å². The van der Waals surface area contributed by atoms with Crippen LogP contribution in [0.1, 0.15) is 27.4 Å². The predicted octanol–water partition coefficient (Wildman–Crippen LogP) is 3.76. The molecule has 2 aromatic heterocycles. The highest BCUT2D eigenvalue weighted by atomic mass is 19.4. The van der Waals surface area contributed by atoms with Crippen LogP contribution in [0.2, 0.25) is 0 Å². The van der Waals surface area contributed by atoms with E-state index in [1.54, 1.807) is 34.9 Å². The van der Waals surface area contributed by atoms with Crippen molar-refractivity contribution in [3.05, 3.63) is 71.3 Å². The zero-order chi connectivity index (χ0) is 15.7. The molecule has 0 spiro atoms. The van der Waals surface area contributed by atoms with Crippen molar-refractivity contribution in [3.8, 4) is 0 Å². The lowest BCUT2D eigenvalue weighted by molar-refractivity contribution is -0.138. The van der Waals surface area contributed by atoms with Crippen molar-refractivity contribution in [2.75, 3.05) is 0 Å². The maximum absolute atomic E-state index is 13.1. The summed E-state index contributed by atoms with van der Waals surface area (Å²) in [6.07, 6.45) is -2.22. The molecule has 2 heterocycles. The average molecular weight is 304 g/mol. The number of hydrogen-bond donors (Lipinski definition) is 0. The minimum atomic E-state index is -4.42. The molecule has 0 unspecified atom stereocenters. The Morgan fingerprint density at radius 2 is 1.86 bits per heavy atom.